The number of hydrogen-bond acceptors (Lipinski definition) is 2. The molecule has 0 bridgehead atoms. The fourth-order valence-corrected chi connectivity index (χ4v) is 3.14. The minimum atomic E-state index is -0.207. The second kappa shape index (κ2) is 8.39. The summed E-state index contributed by atoms with van der Waals surface area (Å²) >= 11 is 5.89. The molecule has 2 amide bonds. The third-order valence-corrected chi connectivity index (χ3v) is 4.54. The molecular weight excluding hydrogens is 300 g/mol. The molecule has 122 valence electrons. The summed E-state index contributed by atoms with van der Waals surface area (Å²) in [6.45, 7) is 2.66. The number of aliphatic hydroxyl groups excluding tert-OH is 1. The molecule has 1 saturated carbocycles. The van der Waals surface area contributed by atoms with Crippen molar-refractivity contribution in [1.29, 1.82) is 0 Å². The Labute approximate surface area is 137 Å². The summed E-state index contributed by atoms with van der Waals surface area (Å²) in [5, 5.41) is 16.3. The molecule has 0 heterocycles. The Bertz CT molecular complexity index is 478. The van der Waals surface area contributed by atoms with Crippen molar-refractivity contribution in [1.82, 2.24) is 10.6 Å². The third kappa shape index (κ3) is 5.18. The summed E-state index contributed by atoms with van der Waals surface area (Å²) < 4.78 is 0. The van der Waals surface area contributed by atoms with Gasteiger partial charge in [0.25, 0.3) is 0 Å². The number of carbonyl (C=O) groups is 1. The fraction of sp³-hybridized carbons (Fsp3) is 0.588. The standard InChI is InChI=1S/C17H25ClN2O2/c1-2-16(13-6-8-14(18)9-7-13)20-17(22)19-11-12-4-3-5-15(21)10-12/h6-9,12,15-16,21H,2-5,10-11H2,1H3,(H2,19,20,22). The normalized spacial score (nSPS) is 22.9. The Morgan fingerprint density at radius 1 is 1.36 bits per heavy atom. The lowest BCUT2D eigenvalue weighted by Gasteiger charge is -2.26. The molecular formula is C17H25ClN2O2. The van der Waals surface area contributed by atoms with Crippen molar-refractivity contribution in [2.75, 3.05) is 6.54 Å². The molecule has 0 saturated heterocycles. The van der Waals surface area contributed by atoms with Crippen LogP contribution in [-0.4, -0.2) is 23.8 Å². The van der Waals surface area contributed by atoms with E-state index in [0.29, 0.717) is 17.5 Å². The first-order chi connectivity index (χ1) is 10.6. The maximum absolute atomic E-state index is 12.1. The number of amides is 2. The molecule has 4 nitrogen and oxygen atoms in total. The molecule has 0 aromatic heterocycles. The van der Waals surface area contributed by atoms with Gasteiger partial charge < -0.3 is 15.7 Å². The van der Waals surface area contributed by atoms with E-state index in [4.69, 9.17) is 11.6 Å². The lowest BCUT2D eigenvalue weighted by atomic mass is 9.87. The minimum absolute atomic E-state index is 0.0192. The SMILES string of the molecule is CCC(NC(=O)NCC1CCCC(O)C1)c1ccc(Cl)cc1. The van der Waals surface area contributed by atoms with E-state index in [9.17, 15) is 9.90 Å². The zero-order valence-corrected chi connectivity index (χ0v) is 13.8. The molecule has 1 fully saturated rings. The Hall–Kier alpha value is -1.26. The molecule has 1 aromatic rings. The Balaban J connectivity index is 1.80. The lowest BCUT2D eigenvalue weighted by Crippen LogP contribution is -2.41. The van der Waals surface area contributed by atoms with Crippen molar-refractivity contribution in [2.24, 2.45) is 5.92 Å². The summed E-state index contributed by atoms with van der Waals surface area (Å²) in [6, 6.07) is 7.38. The minimum Gasteiger partial charge on any atom is -0.393 e. The zero-order chi connectivity index (χ0) is 15.9. The van der Waals surface area contributed by atoms with Crippen LogP contribution in [0.1, 0.15) is 50.6 Å². The number of benzene rings is 1. The van der Waals surface area contributed by atoms with Crippen molar-refractivity contribution in [2.45, 2.75) is 51.2 Å². The number of halogens is 1. The van der Waals surface area contributed by atoms with E-state index in [-0.39, 0.29) is 18.2 Å². The average Bonchev–Trinajstić information content (AvgIpc) is 2.52. The molecule has 22 heavy (non-hydrogen) atoms. The van der Waals surface area contributed by atoms with Crippen LogP contribution in [0.3, 0.4) is 0 Å². The molecule has 0 aliphatic heterocycles. The van der Waals surface area contributed by atoms with Gasteiger partial charge in [0.15, 0.2) is 0 Å². The average molecular weight is 325 g/mol. The first kappa shape index (κ1) is 17.1. The van der Waals surface area contributed by atoms with Crippen LogP contribution in [-0.2, 0) is 0 Å². The van der Waals surface area contributed by atoms with Crippen LogP contribution in [0.5, 0.6) is 0 Å². The van der Waals surface area contributed by atoms with Gasteiger partial charge in [0.05, 0.1) is 12.1 Å². The van der Waals surface area contributed by atoms with Gasteiger partial charge >= 0.3 is 6.03 Å². The van der Waals surface area contributed by atoms with Crippen LogP contribution in [0.15, 0.2) is 24.3 Å². The van der Waals surface area contributed by atoms with Gasteiger partial charge in [0.1, 0.15) is 0 Å². The predicted octanol–water partition coefficient (Wildman–Crippen LogP) is 3.64. The zero-order valence-electron chi connectivity index (χ0n) is 13.0. The van der Waals surface area contributed by atoms with E-state index in [0.717, 1.165) is 37.7 Å². The number of nitrogens with one attached hydrogen (secondary N) is 2. The molecule has 0 radical (unpaired) electrons. The quantitative estimate of drug-likeness (QED) is 0.774. The van der Waals surface area contributed by atoms with Crippen molar-refractivity contribution >= 4 is 17.6 Å². The molecule has 1 aliphatic rings. The number of rotatable bonds is 5. The van der Waals surface area contributed by atoms with Crippen LogP contribution in [0.25, 0.3) is 0 Å². The molecule has 2 rings (SSSR count). The molecule has 3 unspecified atom stereocenters. The monoisotopic (exact) mass is 324 g/mol. The first-order valence-electron chi connectivity index (χ1n) is 8.06. The topological polar surface area (TPSA) is 61.4 Å². The molecule has 5 heteroatoms. The van der Waals surface area contributed by atoms with Crippen molar-refractivity contribution < 1.29 is 9.90 Å². The summed E-state index contributed by atoms with van der Waals surface area (Å²) in [5.41, 5.74) is 1.05. The second-order valence-electron chi connectivity index (χ2n) is 6.05. The highest BCUT2D eigenvalue weighted by Crippen LogP contribution is 2.23. The fourth-order valence-electron chi connectivity index (χ4n) is 3.01. The number of hydrogen-bond donors (Lipinski definition) is 3. The molecule has 0 spiro atoms. The van der Waals surface area contributed by atoms with Gasteiger partial charge in [-0.3, -0.25) is 0 Å². The highest BCUT2D eigenvalue weighted by Gasteiger charge is 2.21. The highest BCUT2D eigenvalue weighted by molar-refractivity contribution is 6.30. The van der Waals surface area contributed by atoms with Gasteiger partial charge in [-0.25, -0.2) is 4.79 Å². The maximum Gasteiger partial charge on any atom is 0.315 e. The smallest absolute Gasteiger partial charge is 0.315 e. The summed E-state index contributed by atoms with van der Waals surface area (Å²) in [6.07, 6.45) is 4.40. The highest BCUT2D eigenvalue weighted by atomic mass is 35.5. The van der Waals surface area contributed by atoms with Crippen molar-refractivity contribution in [3.8, 4) is 0 Å². The summed E-state index contributed by atoms with van der Waals surface area (Å²) in [4.78, 5) is 12.1. The third-order valence-electron chi connectivity index (χ3n) is 4.29. The Morgan fingerprint density at radius 2 is 2.09 bits per heavy atom. The van der Waals surface area contributed by atoms with Crippen LogP contribution in [0.4, 0.5) is 4.79 Å². The molecule has 1 aromatic carbocycles. The number of urea groups is 1. The van der Waals surface area contributed by atoms with Gasteiger partial charge in [-0.05, 0) is 49.3 Å². The van der Waals surface area contributed by atoms with E-state index < -0.39 is 0 Å². The van der Waals surface area contributed by atoms with Crippen LogP contribution < -0.4 is 10.6 Å². The van der Waals surface area contributed by atoms with E-state index in [1.54, 1.807) is 0 Å². The van der Waals surface area contributed by atoms with E-state index in [2.05, 4.69) is 10.6 Å². The van der Waals surface area contributed by atoms with E-state index in [1.165, 1.54) is 0 Å². The van der Waals surface area contributed by atoms with E-state index >= 15 is 0 Å². The molecule has 3 N–H and O–H groups in total. The maximum atomic E-state index is 12.1. The summed E-state index contributed by atoms with van der Waals surface area (Å²) in [5.74, 6) is 0.380. The lowest BCUT2D eigenvalue weighted by molar-refractivity contribution is 0.101. The van der Waals surface area contributed by atoms with Crippen molar-refractivity contribution in [3.63, 3.8) is 0 Å². The molecule has 3 atom stereocenters. The van der Waals surface area contributed by atoms with Gasteiger partial charge in [-0.2, -0.15) is 0 Å². The van der Waals surface area contributed by atoms with Gasteiger partial charge in [0, 0.05) is 11.6 Å². The van der Waals surface area contributed by atoms with Gasteiger partial charge in [0.2, 0.25) is 0 Å². The van der Waals surface area contributed by atoms with E-state index in [1.807, 2.05) is 31.2 Å². The summed E-state index contributed by atoms with van der Waals surface area (Å²) in [7, 11) is 0. The van der Waals surface area contributed by atoms with Gasteiger partial charge in [-0.1, -0.05) is 37.1 Å². The first-order valence-corrected chi connectivity index (χ1v) is 8.44. The van der Waals surface area contributed by atoms with Crippen LogP contribution >= 0.6 is 11.6 Å². The van der Waals surface area contributed by atoms with Gasteiger partial charge in [-0.15, -0.1) is 0 Å². The largest absolute Gasteiger partial charge is 0.393 e. The molecule has 1 aliphatic carbocycles. The van der Waals surface area contributed by atoms with Crippen LogP contribution in [0.2, 0.25) is 5.02 Å². The predicted molar refractivity (Wildman–Crippen MR) is 89.0 cm³/mol. The second-order valence-corrected chi connectivity index (χ2v) is 6.49. The van der Waals surface area contributed by atoms with Crippen molar-refractivity contribution in [3.05, 3.63) is 34.9 Å². The Kier molecular flexibility index (Phi) is 6.52. The number of aliphatic hydroxyl groups is 1. The number of carbonyl (C=O) groups excluding carboxylic acids is 1. The van der Waals surface area contributed by atoms with Crippen LogP contribution in [0, 0.1) is 5.92 Å². The Morgan fingerprint density at radius 3 is 2.73 bits per heavy atom.